The highest BCUT2D eigenvalue weighted by molar-refractivity contribution is 5.79. The van der Waals surface area contributed by atoms with Crippen LogP contribution in [0.25, 0.3) is 0 Å². The van der Waals surface area contributed by atoms with Gasteiger partial charge in [-0.2, -0.15) is 5.26 Å². The molecule has 1 heterocycles. The largest absolute Gasteiger partial charge is 0.324 e. The van der Waals surface area contributed by atoms with Crippen molar-refractivity contribution < 1.29 is 4.79 Å². The summed E-state index contributed by atoms with van der Waals surface area (Å²) >= 11 is 0. The van der Waals surface area contributed by atoms with E-state index in [1.54, 1.807) is 4.90 Å². The fraction of sp³-hybridized carbons (Fsp3) is 0.778. The molecule has 0 radical (unpaired) electrons. The Morgan fingerprint density at radius 1 is 1.62 bits per heavy atom. The summed E-state index contributed by atoms with van der Waals surface area (Å²) in [6.45, 7) is 5.73. The highest BCUT2D eigenvalue weighted by Gasteiger charge is 2.27. The summed E-state index contributed by atoms with van der Waals surface area (Å²) in [5, 5.41) is 11.9. The third-order valence-corrected chi connectivity index (χ3v) is 2.23. The van der Waals surface area contributed by atoms with Crippen molar-refractivity contribution in [2.45, 2.75) is 19.9 Å². The molecule has 4 heteroatoms. The van der Waals surface area contributed by atoms with Gasteiger partial charge < -0.3 is 10.2 Å². The summed E-state index contributed by atoms with van der Waals surface area (Å²) in [7, 11) is 0. The fourth-order valence-corrected chi connectivity index (χ4v) is 1.49. The molecule has 1 amide bonds. The zero-order chi connectivity index (χ0) is 9.84. The Labute approximate surface area is 78.5 Å². The third kappa shape index (κ3) is 2.19. The molecule has 1 saturated heterocycles. The summed E-state index contributed by atoms with van der Waals surface area (Å²) in [5.74, 6) is 0.235. The SMILES string of the molecule is CC(C)C(C#N)N1CCNCC1=O. The Hall–Kier alpha value is -1.08. The topological polar surface area (TPSA) is 56.1 Å². The van der Waals surface area contributed by atoms with Gasteiger partial charge in [-0.25, -0.2) is 0 Å². The predicted molar refractivity (Wildman–Crippen MR) is 48.8 cm³/mol. The van der Waals surface area contributed by atoms with Crippen molar-refractivity contribution in [3.63, 3.8) is 0 Å². The molecule has 1 aliphatic rings. The number of piperazine rings is 1. The molecule has 0 saturated carbocycles. The molecule has 0 aromatic rings. The molecule has 1 fully saturated rings. The Morgan fingerprint density at radius 3 is 2.77 bits per heavy atom. The van der Waals surface area contributed by atoms with E-state index in [1.165, 1.54) is 0 Å². The molecule has 1 rings (SSSR count). The standard InChI is InChI=1S/C9H15N3O/c1-7(2)8(5-10)12-4-3-11-6-9(12)13/h7-8,11H,3-4,6H2,1-2H3. The summed E-state index contributed by atoms with van der Waals surface area (Å²) in [4.78, 5) is 13.1. The van der Waals surface area contributed by atoms with E-state index in [-0.39, 0.29) is 17.9 Å². The molecule has 0 aromatic carbocycles. The van der Waals surface area contributed by atoms with Crippen molar-refractivity contribution in [1.82, 2.24) is 10.2 Å². The van der Waals surface area contributed by atoms with Crippen molar-refractivity contribution in [3.05, 3.63) is 0 Å². The molecule has 0 spiro atoms. The Balaban J connectivity index is 2.67. The maximum absolute atomic E-state index is 11.4. The number of nitriles is 1. The molecule has 1 aliphatic heterocycles. The maximum atomic E-state index is 11.4. The second kappa shape index (κ2) is 4.24. The van der Waals surface area contributed by atoms with E-state index in [9.17, 15) is 4.79 Å². The van der Waals surface area contributed by atoms with Crippen LogP contribution in [0.15, 0.2) is 0 Å². The average molecular weight is 181 g/mol. The molecular weight excluding hydrogens is 166 g/mol. The fourth-order valence-electron chi connectivity index (χ4n) is 1.49. The highest BCUT2D eigenvalue weighted by atomic mass is 16.2. The molecule has 0 aromatic heterocycles. The van der Waals surface area contributed by atoms with E-state index in [0.717, 1.165) is 6.54 Å². The van der Waals surface area contributed by atoms with Crippen LogP contribution in [-0.2, 0) is 4.79 Å². The lowest BCUT2D eigenvalue weighted by atomic mass is 10.0. The smallest absolute Gasteiger partial charge is 0.237 e. The van der Waals surface area contributed by atoms with Gasteiger partial charge in [-0.1, -0.05) is 13.8 Å². The molecule has 72 valence electrons. The number of hydrogen-bond acceptors (Lipinski definition) is 3. The van der Waals surface area contributed by atoms with E-state index in [4.69, 9.17) is 5.26 Å². The van der Waals surface area contributed by atoms with E-state index in [1.807, 2.05) is 13.8 Å². The lowest BCUT2D eigenvalue weighted by Gasteiger charge is -2.33. The minimum atomic E-state index is -0.269. The maximum Gasteiger partial charge on any atom is 0.237 e. The minimum Gasteiger partial charge on any atom is -0.324 e. The van der Waals surface area contributed by atoms with Crippen LogP contribution in [0.2, 0.25) is 0 Å². The van der Waals surface area contributed by atoms with Crippen LogP contribution in [0, 0.1) is 17.2 Å². The minimum absolute atomic E-state index is 0.0338. The van der Waals surface area contributed by atoms with Gasteiger partial charge in [-0.3, -0.25) is 4.79 Å². The number of hydrogen-bond donors (Lipinski definition) is 1. The second-order valence-electron chi connectivity index (χ2n) is 3.58. The van der Waals surface area contributed by atoms with Crippen LogP contribution in [0.5, 0.6) is 0 Å². The predicted octanol–water partition coefficient (Wildman–Crippen LogP) is -0.0336. The number of nitrogens with one attached hydrogen (secondary N) is 1. The van der Waals surface area contributed by atoms with Crippen LogP contribution < -0.4 is 5.32 Å². The normalized spacial score (nSPS) is 20.2. The first-order valence-electron chi connectivity index (χ1n) is 4.56. The van der Waals surface area contributed by atoms with Crippen molar-refractivity contribution >= 4 is 5.91 Å². The first-order chi connectivity index (χ1) is 6.16. The van der Waals surface area contributed by atoms with E-state index >= 15 is 0 Å². The van der Waals surface area contributed by atoms with Gasteiger partial charge in [-0.15, -0.1) is 0 Å². The number of rotatable bonds is 2. The molecule has 0 bridgehead atoms. The molecule has 4 nitrogen and oxygen atoms in total. The first kappa shape index (κ1) is 10.0. The monoisotopic (exact) mass is 181 g/mol. The van der Waals surface area contributed by atoms with Crippen molar-refractivity contribution in [3.8, 4) is 6.07 Å². The molecule has 0 aliphatic carbocycles. The molecule has 13 heavy (non-hydrogen) atoms. The lowest BCUT2D eigenvalue weighted by molar-refractivity contribution is -0.134. The summed E-state index contributed by atoms with van der Waals surface area (Å²) in [5.41, 5.74) is 0. The number of carbonyl (C=O) groups excluding carboxylic acids is 1. The zero-order valence-electron chi connectivity index (χ0n) is 8.08. The number of carbonyl (C=O) groups is 1. The van der Waals surface area contributed by atoms with Crippen LogP contribution in [-0.4, -0.2) is 36.5 Å². The van der Waals surface area contributed by atoms with Gasteiger partial charge in [0.2, 0.25) is 5.91 Å². The van der Waals surface area contributed by atoms with Crippen LogP contribution in [0.3, 0.4) is 0 Å². The number of amides is 1. The van der Waals surface area contributed by atoms with Gasteiger partial charge >= 0.3 is 0 Å². The van der Waals surface area contributed by atoms with Gasteiger partial charge in [0.15, 0.2) is 0 Å². The molecule has 1 N–H and O–H groups in total. The number of nitrogens with zero attached hydrogens (tertiary/aromatic N) is 2. The van der Waals surface area contributed by atoms with E-state index < -0.39 is 0 Å². The molecule has 1 atom stereocenters. The highest BCUT2D eigenvalue weighted by Crippen LogP contribution is 2.11. The van der Waals surface area contributed by atoms with E-state index in [2.05, 4.69) is 11.4 Å². The van der Waals surface area contributed by atoms with Crippen LogP contribution in [0.1, 0.15) is 13.8 Å². The zero-order valence-corrected chi connectivity index (χ0v) is 8.08. The third-order valence-electron chi connectivity index (χ3n) is 2.23. The molecule has 1 unspecified atom stereocenters. The first-order valence-corrected chi connectivity index (χ1v) is 4.56. The van der Waals surface area contributed by atoms with Crippen LogP contribution >= 0.6 is 0 Å². The summed E-state index contributed by atoms with van der Waals surface area (Å²) in [6.07, 6.45) is 0. The lowest BCUT2D eigenvalue weighted by Crippen LogP contribution is -2.53. The summed E-state index contributed by atoms with van der Waals surface area (Å²) in [6, 6.07) is 1.91. The van der Waals surface area contributed by atoms with Crippen molar-refractivity contribution in [2.75, 3.05) is 19.6 Å². The Kier molecular flexibility index (Phi) is 3.26. The van der Waals surface area contributed by atoms with Gasteiger partial charge in [0.05, 0.1) is 12.6 Å². The van der Waals surface area contributed by atoms with Crippen molar-refractivity contribution in [1.29, 1.82) is 5.26 Å². The second-order valence-corrected chi connectivity index (χ2v) is 3.58. The van der Waals surface area contributed by atoms with Crippen LogP contribution in [0.4, 0.5) is 0 Å². The molecular formula is C9H15N3O. The van der Waals surface area contributed by atoms with Gasteiger partial charge in [-0.05, 0) is 5.92 Å². The Bertz CT molecular complexity index is 232. The van der Waals surface area contributed by atoms with E-state index in [0.29, 0.717) is 13.1 Å². The quantitative estimate of drug-likeness (QED) is 0.650. The average Bonchev–Trinajstić information content (AvgIpc) is 2.09. The van der Waals surface area contributed by atoms with Crippen molar-refractivity contribution in [2.24, 2.45) is 5.92 Å². The van der Waals surface area contributed by atoms with Gasteiger partial charge in [0.1, 0.15) is 6.04 Å². The van der Waals surface area contributed by atoms with Gasteiger partial charge in [0, 0.05) is 13.1 Å². The van der Waals surface area contributed by atoms with Gasteiger partial charge in [0.25, 0.3) is 0 Å². The summed E-state index contributed by atoms with van der Waals surface area (Å²) < 4.78 is 0. The Morgan fingerprint density at radius 2 is 2.31 bits per heavy atom.